The molecule has 0 bridgehead atoms. The highest BCUT2D eigenvalue weighted by molar-refractivity contribution is 7.10. The lowest BCUT2D eigenvalue weighted by Gasteiger charge is -2.27. The molecule has 3 rings (SSSR count). The van der Waals surface area contributed by atoms with Gasteiger partial charge in [0.25, 0.3) is 11.8 Å². The first kappa shape index (κ1) is 15.6. The van der Waals surface area contributed by atoms with Crippen molar-refractivity contribution in [2.45, 2.75) is 13.0 Å². The van der Waals surface area contributed by atoms with Crippen molar-refractivity contribution in [3.63, 3.8) is 0 Å². The zero-order valence-electron chi connectivity index (χ0n) is 12.9. The lowest BCUT2D eigenvalue weighted by atomic mass is 10.1. The third-order valence-electron chi connectivity index (χ3n) is 3.87. The van der Waals surface area contributed by atoms with Crippen LogP contribution < -0.4 is 10.1 Å². The van der Waals surface area contributed by atoms with Crippen molar-refractivity contribution >= 4 is 23.2 Å². The smallest absolute Gasteiger partial charge is 0.260 e. The SMILES string of the molecule is CNC(=O)c1ccccc1OCC(=O)N1CCc2sccc2C1. The van der Waals surface area contributed by atoms with Gasteiger partial charge in [-0.3, -0.25) is 9.59 Å². The summed E-state index contributed by atoms with van der Waals surface area (Å²) in [6, 6.07) is 9.00. The second kappa shape index (κ2) is 6.83. The fraction of sp³-hybridized carbons (Fsp3) is 0.294. The number of nitrogens with one attached hydrogen (secondary N) is 1. The number of hydrogen-bond acceptors (Lipinski definition) is 4. The number of para-hydroxylation sites is 1. The van der Waals surface area contributed by atoms with Crippen LogP contribution in [-0.4, -0.2) is 36.9 Å². The molecule has 1 aliphatic rings. The van der Waals surface area contributed by atoms with Gasteiger partial charge in [-0.15, -0.1) is 11.3 Å². The standard InChI is InChI=1S/C17H18N2O3S/c1-18-17(21)13-4-2-3-5-14(13)22-11-16(20)19-8-6-15-12(10-19)7-9-23-15/h2-5,7,9H,6,8,10-11H2,1H3,(H,18,21). The van der Waals surface area contributed by atoms with Gasteiger partial charge in [0.05, 0.1) is 5.56 Å². The lowest BCUT2D eigenvalue weighted by molar-refractivity contribution is -0.134. The zero-order valence-corrected chi connectivity index (χ0v) is 13.7. The van der Waals surface area contributed by atoms with Gasteiger partial charge in [-0.25, -0.2) is 0 Å². The molecule has 2 aromatic rings. The molecule has 1 aromatic heterocycles. The fourth-order valence-electron chi connectivity index (χ4n) is 2.61. The molecule has 1 aromatic carbocycles. The number of amides is 2. The van der Waals surface area contributed by atoms with Gasteiger partial charge in [0, 0.05) is 25.0 Å². The highest BCUT2D eigenvalue weighted by Crippen LogP contribution is 2.24. The van der Waals surface area contributed by atoms with Crippen molar-refractivity contribution in [3.05, 3.63) is 51.7 Å². The summed E-state index contributed by atoms with van der Waals surface area (Å²) < 4.78 is 5.60. The highest BCUT2D eigenvalue weighted by atomic mass is 32.1. The normalized spacial score (nSPS) is 13.3. The van der Waals surface area contributed by atoms with E-state index in [4.69, 9.17) is 4.74 Å². The van der Waals surface area contributed by atoms with Crippen molar-refractivity contribution in [1.82, 2.24) is 10.2 Å². The summed E-state index contributed by atoms with van der Waals surface area (Å²) in [7, 11) is 1.57. The molecule has 0 saturated heterocycles. The topological polar surface area (TPSA) is 58.6 Å². The molecule has 0 spiro atoms. The minimum Gasteiger partial charge on any atom is -0.483 e. The van der Waals surface area contributed by atoms with Gasteiger partial charge in [-0.05, 0) is 35.6 Å². The Morgan fingerprint density at radius 2 is 2.13 bits per heavy atom. The van der Waals surface area contributed by atoms with Crippen LogP contribution in [0.1, 0.15) is 20.8 Å². The molecule has 120 valence electrons. The Labute approximate surface area is 138 Å². The van der Waals surface area contributed by atoms with Gasteiger partial charge >= 0.3 is 0 Å². The third-order valence-corrected chi connectivity index (χ3v) is 4.89. The van der Waals surface area contributed by atoms with Gasteiger partial charge in [0.1, 0.15) is 5.75 Å². The molecule has 6 heteroatoms. The minimum absolute atomic E-state index is 0.0615. The maximum atomic E-state index is 12.4. The van der Waals surface area contributed by atoms with Gasteiger partial charge in [-0.1, -0.05) is 12.1 Å². The number of nitrogens with zero attached hydrogens (tertiary/aromatic N) is 1. The van der Waals surface area contributed by atoms with E-state index in [0.29, 0.717) is 24.4 Å². The molecule has 0 atom stereocenters. The van der Waals surface area contributed by atoms with E-state index in [1.54, 1.807) is 47.5 Å². The Hall–Kier alpha value is -2.34. The zero-order chi connectivity index (χ0) is 16.2. The van der Waals surface area contributed by atoms with Crippen LogP contribution in [0.2, 0.25) is 0 Å². The molecule has 0 saturated carbocycles. The molecule has 0 unspecified atom stereocenters. The van der Waals surface area contributed by atoms with Crippen LogP contribution in [-0.2, 0) is 17.8 Å². The van der Waals surface area contributed by atoms with E-state index in [2.05, 4.69) is 16.8 Å². The summed E-state index contributed by atoms with van der Waals surface area (Å²) in [4.78, 5) is 27.3. The van der Waals surface area contributed by atoms with Crippen molar-refractivity contribution < 1.29 is 14.3 Å². The molecule has 0 aliphatic carbocycles. The summed E-state index contributed by atoms with van der Waals surface area (Å²) in [5.41, 5.74) is 1.65. The van der Waals surface area contributed by atoms with E-state index >= 15 is 0 Å². The first-order valence-electron chi connectivity index (χ1n) is 7.46. The fourth-order valence-corrected chi connectivity index (χ4v) is 3.50. The van der Waals surface area contributed by atoms with E-state index < -0.39 is 0 Å². The Morgan fingerprint density at radius 1 is 1.30 bits per heavy atom. The van der Waals surface area contributed by atoms with Gasteiger partial charge in [0.15, 0.2) is 6.61 Å². The summed E-state index contributed by atoms with van der Waals surface area (Å²) in [5, 5.41) is 4.63. The van der Waals surface area contributed by atoms with Crippen molar-refractivity contribution in [3.8, 4) is 5.75 Å². The molecule has 23 heavy (non-hydrogen) atoms. The van der Waals surface area contributed by atoms with Crippen LogP contribution in [0.5, 0.6) is 5.75 Å². The van der Waals surface area contributed by atoms with E-state index in [9.17, 15) is 9.59 Å². The summed E-state index contributed by atoms with van der Waals surface area (Å²) in [6.45, 7) is 1.29. The third kappa shape index (κ3) is 3.37. The Balaban J connectivity index is 1.63. The van der Waals surface area contributed by atoms with Crippen molar-refractivity contribution in [2.24, 2.45) is 0 Å². The quantitative estimate of drug-likeness (QED) is 0.934. The molecular formula is C17H18N2O3S. The van der Waals surface area contributed by atoms with Crippen LogP contribution in [0, 0.1) is 0 Å². The number of thiophene rings is 1. The summed E-state index contributed by atoms with van der Waals surface area (Å²) in [5.74, 6) is 0.135. The van der Waals surface area contributed by atoms with Crippen molar-refractivity contribution in [1.29, 1.82) is 0 Å². The highest BCUT2D eigenvalue weighted by Gasteiger charge is 2.22. The second-order valence-corrected chi connectivity index (χ2v) is 6.30. The Bertz CT molecular complexity index is 726. The molecular weight excluding hydrogens is 312 g/mol. The minimum atomic E-state index is -0.228. The molecule has 1 aliphatic heterocycles. The number of rotatable bonds is 4. The van der Waals surface area contributed by atoms with Crippen LogP contribution in [0.15, 0.2) is 35.7 Å². The first-order valence-corrected chi connectivity index (χ1v) is 8.34. The van der Waals surface area contributed by atoms with E-state index in [1.165, 1.54) is 10.4 Å². The van der Waals surface area contributed by atoms with E-state index in [0.717, 1.165) is 6.42 Å². The maximum Gasteiger partial charge on any atom is 0.260 e. The first-order chi connectivity index (χ1) is 11.2. The van der Waals surface area contributed by atoms with Gasteiger partial charge < -0.3 is 15.0 Å². The summed E-state index contributed by atoms with van der Waals surface area (Å²) >= 11 is 1.74. The molecule has 2 heterocycles. The Morgan fingerprint density at radius 3 is 2.96 bits per heavy atom. The van der Waals surface area contributed by atoms with E-state index in [1.807, 2.05) is 0 Å². The van der Waals surface area contributed by atoms with Crippen LogP contribution >= 0.6 is 11.3 Å². The average Bonchev–Trinajstić information content (AvgIpc) is 3.06. The number of ether oxygens (including phenoxy) is 1. The largest absolute Gasteiger partial charge is 0.483 e. The monoisotopic (exact) mass is 330 g/mol. The average molecular weight is 330 g/mol. The number of hydrogen-bond donors (Lipinski definition) is 1. The van der Waals surface area contributed by atoms with Crippen LogP contribution in [0.25, 0.3) is 0 Å². The summed E-state index contributed by atoms with van der Waals surface area (Å²) in [6.07, 6.45) is 0.896. The molecule has 0 fully saturated rings. The van der Waals surface area contributed by atoms with Gasteiger partial charge in [0.2, 0.25) is 0 Å². The Kier molecular flexibility index (Phi) is 4.62. The molecule has 2 amide bonds. The maximum absolute atomic E-state index is 12.4. The number of benzene rings is 1. The predicted octanol–water partition coefficient (Wildman–Crippen LogP) is 2.07. The lowest BCUT2D eigenvalue weighted by Crippen LogP contribution is -2.38. The number of carbonyl (C=O) groups is 2. The predicted molar refractivity (Wildman–Crippen MR) is 88.8 cm³/mol. The number of fused-ring (bicyclic) bond motifs is 1. The molecule has 5 nitrogen and oxygen atoms in total. The van der Waals surface area contributed by atoms with Crippen LogP contribution in [0.3, 0.4) is 0 Å². The number of carbonyl (C=O) groups excluding carboxylic acids is 2. The molecule has 1 N–H and O–H groups in total. The van der Waals surface area contributed by atoms with Crippen molar-refractivity contribution in [2.75, 3.05) is 20.2 Å². The molecule has 0 radical (unpaired) electrons. The van der Waals surface area contributed by atoms with Gasteiger partial charge in [-0.2, -0.15) is 0 Å². The van der Waals surface area contributed by atoms with Crippen LogP contribution in [0.4, 0.5) is 0 Å². The van der Waals surface area contributed by atoms with E-state index in [-0.39, 0.29) is 18.4 Å². The second-order valence-electron chi connectivity index (χ2n) is 5.30.